The van der Waals surface area contributed by atoms with Gasteiger partial charge in [-0.05, 0) is 52.6 Å². The number of benzene rings is 4. The van der Waals surface area contributed by atoms with Crippen LogP contribution in [-0.2, 0) is 37.1 Å². The van der Waals surface area contributed by atoms with Crippen molar-refractivity contribution in [1.29, 1.82) is 0 Å². The molecule has 0 saturated heterocycles. The minimum absolute atomic E-state index is 0.0577. The number of esters is 1. The third kappa shape index (κ3) is 7.17. The second-order valence-electron chi connectivity index (χ2n) is 10.5. The number of ether oxygens (including phenoxy) is 1. The summed E-state index contributed by atoms with van der Waals surface area (Å²) >= 11 is 0. The Kier molecular flexibility index (Phi) is 9.79. The summed E-state index contributed by atoms with van der Waals surface area (Å²) in [6.07, 6.45) is -4.82. The number of carbonyl (C=O) groups excluding carboxylic acids is 2. The molecule has 0 unspecified atom stereocenters. The van der Waals surface area contributed by atoms with Crippen LogP contribution in [0.2, 0.25) is 0 Å². The molecule has 0 fully saturated rings. The molecule has 0 radical (unpaired) electrons. The number of carboxylic acid groups (broad SMARTS) is 2. The van der Waals surface area contributed by atoms with Gasteiger partial charge in [0.2, 0.25) is 5.41 Å². The van der Waals surface area contributed by atoms with E-state index in [-0.39, 0.29) is 17.5 Å². The van der Waals surface area contributed by atoms with Crippen LogP contribution < -0.4 is 10.2 Å². The third-order valence-corrected chi connectivity index (χ3v) is 7.28. The first-order chi connectivity index (χ1) is 21.7. The number of nitrogens with zero attached hydrogens (tertiary/aromatic N) is 1. The van der Waals surface area contributed by atoms with E-state index in [0.29, 0.717) is 28.1 Å². The molecule has 1 amide bonds. The topological polar surface area (TPSA) is 133 Å². The van der Waals surface area contributed by atoms with Crippen LogP contribution in [0.4, 0.5) is 24.5 Å². The molecule has 0 aliphatic rings. The van der Waals surface area contributed by atoms with Gasteiger partial charge in [0.1, 0.15) is 6.61 Å². The lowest BCUT2D eigenvalue weighted by Crippen LogP contribution is -2.48. The van der Waals surface area contributed by atoms with Gasteiger partial charge in [-0.3, -0.25) is 19.2 Å². The van der Waals surface area contributed by atoms with E-state index >= 15 is 0 Å². The third-order valence-electron chi connectivity index (χ3n) is 7.28. The number of carboxylic acids is 2. The van der Waals surface area contributed by atoms with Crippen molar-refractivity contribution in [2.45, 2.75) is 18.0 Å². The van der Waals surface area contributed by atoms with E-state index in [4.69, 9.17) is 4.74 Å². The van der Waals surface area contributed by atoms with E-state index in [2.05, 4.69) is 5.32 Å². The Morgan fingerprint density at radius 3 is 1.98 bits per heavy atom. The highest BCUT2D eigenvalue weighted by Gasteiger charge is 2.50. The van der Waals surface area contributed by atoms with Gasteiger partial charge in [-0.15, -0.1) is 0 Å². The summed E-state index contributed by atoms with van der Waals surface area (Å²) in [5.74, 6) is -4.76. The minimum atomic E-state index is -4.50. The van der Waals surface area contributed by atoms with Gasteiger partial charge < -0.3 is 25.2 Å². The molecule has 0 saturated carbocycles. The zero-order valence-corrected chi connectivity index (χ0v) is 24.7. The number of aliphatic carboxylic acids is 2. The maximum absolute atomic E-state index is 13.4. The van der Waals surface area contributed by atoms with Crippen molar-refractivity contribution in [3.05, 3.63) is 119 Å². The molecule has 46 heavy (non-hydrogen) atoms. The summed E-state index contributed by atoms with van der Waals surface area (Å²) in [6, 6.07) is 22.9. The van der Waals surface area contributed by atoms with E-state index in [9.17, 15) is 42.6 Å². The largest absolute Gasteiger partial charge is 0.480 e. The number of alkyl halides is 3. The Morgan fingerprint density at radius 1 is 0.783 bits per heavy atom. The van der Waals surface area contributed by atoms with Crippen molar-refractivity contribution in [2.75, 3.05) is 30.9 Å². The minimum Gasteiger partial charge on any atom is -0.480 e. The fraction of sp³-hybridized carbons (Fsp3) is 0.176. The van der Waals surface area contributed by atoms with E-state index in [1.165, 1.54) is 36.4 Å². The quantitative estimate of drug-likeness (QED) is 0.138. The molecule has 12 heteroatoms. The Hall–Kier alpha value is -5.65. The molecule has 0 heterocycles. The van der Waals surface area contributed by atoms with E-state index in [1.54, 1.807) is 67.5 Å². The van der Waals surface area contributed by atoms with Crippen LogP contribution in [0.3, 0.4) is 0 Å². The van der Waals surface area contributed by atoms with Gasteiger partial charge in [-0.1, -0.05) is 66.7 Å². The molecule has 4 aromatic rings. The molecule has 238 valence electrons. The first-order valence-electron chi connectivity index (χ1n) is 13.8. The van der Waals surface area contributed by atoms with E-state index in [0.717, 1.165) is 12.1 Å². The zero-order chi connectivity index (χ0) is 33.6. The molecule has 0 aliphatic carbocycles. The van der Waals surface area contributed by atoms with E-state index < -0.39 is 47.6 Å². The van der Waals surface area contributed by atoms with Crippen molar-refractivity contribution >= 4 is 35.2 Å². The molecule has 0 aliphatic heterocycles. The Balaban J connectivity index is 1.52. The van der Waals surface area contributed by atoms with Crippen molar-refractivity contribution in [1.82, 2.24) is 0 Å². The van der Waals surface area contributed by atoms with Crippen molar-refractivity contribution in [3.63, 3.8) is 0 Å². The molecule has 4 rings (SSSR count). The number of rotatable bonds is 11. The molecular weight excluding hydrogens is 605 g/mol. The Morgan fingerprint density at radius 2 is 1.39 bits per heavy atom. The van der Waals surface area contributed by atoms with Gasteiger partial charge in [-0.25, -0.2) is 0 Å². The molecule has 9 nitrogen and oxygen atoms in total. The maximum atomic E-state index is 13.4. The van der Waals surface area contributed by atoms with Crippen LogP contribution in [0, 0.1) is 0 Å². The molecule has 4 aromatic carbocycles. The highest BCUT2D eigenvalue weighted by Crippen LogP contribution is 2.33. The smallest absolute Gasteiger partial charge is 0.416 e. The van der Waals surface area contributed by atoms with Crippen LogP contribution in [0.5, 0.6) is 0 Å². The second-order valence-corrected chi connectivity index (χ2v) is 10.5. The van der Waals surface area contributed by atoms with Crippen LogP contribution in [0.15, 0.2) is 97.1 Å². The van der Waals surface area contributed by atoms with Crippen LogP contribution in [0.25, 0.3) is 11.1 Å². The highest BCUT2D eigenvalue weighted by molar-refractivity contribution is 6.10. The summed E-state index contributed by atoms with van der Waals surface area (Å²) in [5, 5.41) is 22.4. The van der Waals surface area contributed by atoms with Crippen molar-refractivity contribution in [3.8, 4) is 11.1 Å². The molecular formula is C34H29F3N2O7. The monoisotopic (exact) mass is 634 g/mol. The lowest BCUT2D eigenvalue weighted by molar-refractivity contribution is -0.164. The van der Waals surface area contributed by atoms with Crippen LogP contribution in [0.1, 0.15) is 27.0 Å². The molecule has 0 spiro atoms. The first kappa shape index (κ1) is 33.2. The van der Waals surface area contributed by atoms with Crippen molar-refractivity contribution < 1.29 is 47.3 Å². The van der Waals surface area contributed by atoms with Gasteiger partial charge in [0.05, 0.1) is 23.4 Å². The molecule has 0 bridgehead atoms. The molecule has 3 N–H and O–H groups in total. The average Bonchev–Trinajstić information content (AvgIpc) is 3.02. The number of hydrogen-bond acceptors (Lipinski definition) is 6. The SMILES string of the molecule is CN(C)c1cc(CC(=O)OCC(C(=O)O)(C(=O)O)c2ccccc2)ccc1NC(=O)c1ccccc1-c1ccc(C(F)(F)F)cc1. The Labute approximate surface area is 261 Å². The summed E-state index contributed by atoms with van der Waals surface area (Å²) < 4.78 is 44.3. The fourth-order valence-electron chi connectivity index (χ4n) is 4.80. The predicted molar refractivity (Wildman–Crippen MR) is 164 cm³/mol. The van der Waals surface area contributed by atoms with Gasteiger partial charge in [0, 0.05) is 19.7 Å². The lowest BCUT2D eigenvalue weighted by Gasteiger charge is -2.25. The van der Waals surface area contributed by atoms with Gasteiger partial charge in [-0.2, -0.15) is 13.2 Å². The number of anilines is 2. The standard InChI is InChI=1S/C34H29F3N2O7/c1-39(2)28-18-21(19-29(40)46-20-33(31(42)43,32(44)45)23-8-4-3-5-9-23)12-17-27(28)38-30(41)26-11-7-6-10-25(26)22-13-15-24(16-14-22)34(35,36)37/h3-18H,19-20H2,1-2H3,(H,38,41)(H,42,43)(H,44,45). The average molecular weight is 635 g/mol. The number of amides is 1. The van der Waals surface area contributed by atoms with Gasteiger partial charge in [0.15, 0.2) is 0 Å². The number of hydrogen-bond donors (Lipinski definition) is 3. The molecule has 0 atom stereocenters. The zero-order valence-electron chi connectivity index (χ0n) is 24.7. The highest BCUT2D eigenvalue weighted by atomic mass is 19.4. The summed E-state index contributed by atoms with van der Waals surface area (Å²) in [4.78, 5) is 52.0. The second kappa shape index (κ2) is 13.6. The first-order valence-corrected chi connectivity index (χ1v) is 13.8. The number of nitrogens with one attached hydrogen (secondary N) is 1. The fourth-order valence-corrected chi connectivity index (χ4v) is 4.80. The normalized spacial score (nSPS) is 11.4. The van der Waals surface area contributed by atoms with Crippen molar-refractivity contribution in [2.24, 2.45) is 0 Å². The molecule has 0 aromatic heterocycles. The van der Waals surface area contributed by atoms with Crippen LogP contribution >= 0.6 is 0 Å². The number of halogens is 3. The predicted octanol–water partition coefficient (Wildman–Crippen LogP) is 5.88. The summed E-state index contributed by atoms with van der Waals surface area (Å²) in [7, 11) is 3.41. The Bertz CT molecular complexity index is 1740. The summed E-state index contributed by atoms with van der Waals surface area (Å²) in [5.41, 5.74) is -0.997. The van der Waals surface area contributed by atoms with Gasteiger partial charge >= 0.3 is 24.1 Å². The van der Waals surface area contributed by atoms with Gasteiger partial charge in [0.25, 0.3) is 5.91 Å². The van der Waals surface area contributed by atoms with Crippen LogP contribution in [-0.4, -0.2) is 54.7 Å². The maximum Gasteiger partial charge on any atom is 0.416 e. The number of carbonyl (C=O) groups is 4. The lowest BCUT2D eigenvalue weighted by atomic mass is 9.81. The van der Waals surface area contributed by atoms with E-state index in [1.807, 2.05) is 0 Å². The summed E-state index contributed by atoms with van der Waals surface area (Å²) in [6.45, 7) is -0.937.